The van der Waals surface area contributed by atoms with E-state index in [1.807, 2.05) is 55.6 Å². The summed E-state index contributed by atoms with van der Waals surface area (Å²) in [5.41, 5.74) is 6.43. The first-order valence-corrected chi connectivity index (χ1v) is 11.5. The van der Waals surface area contributed by atoms with E-state index in [9.17, 15) is 9.90 Å². The molecule has 0 spiro atoms. The van der Waals surface area contributed by atoms with Crippen molar-refractivity contribution in [3.63, 3.8) is 0 Å². The molecule has 0 fully saturated rings. The minimum atomic E-state index is -0.502. The number of carbonyl (C=O) groups is 1. The number of aliphatic hydroxyl groups excluding tert-OH is 1. The van der Waals surface area contributed by atoms with E-state index in [4.69, 9.17) is 0 Å². The van der Waals surface area contributed by atoms with Gasteiger partial charge in [0, 0.05) is 47.0 Å². The predicted octanol–water partition coefficient (Wildman–Crippen LogP) is 5.27. The number of fused-ring (bicyclic) bond motifs is 2. The molecule has 0 aliphatic carbocycles. The topological polar surface area (TPSA) is 45.5 Å². The number of aromatic nitrogens is 1. The Balaban J connectivity index is 1.34. The predicted molar refractivity (Wildman–Crippen MR) is 135 cm³/mol. The van der Waals surface area contributed by atoms with E-state index in [-0.39, 0.29) is 5.78 Å². The molecule has 0 unspecified atom stereocenters. The minimum Gasteiger partial charge on any atom is -0.389 e. The number of hydrogen-bond acceptors (Lipinski definition) is 3. The lowest BCUT2D eigenvalue weighted by Gasteiger charge is -2.23. The molecule has 4 nitrogen and oxygen atoms in total. The van der Waals surface area contributed by atoms with Crippen molar-refractivity contribution in [3.8, 4) is 0 Å². The highest BCUT2D eigenvalue weighted by molar-refractivity contribution is 6.07. The molecule has 1 aromatic heterocycles. The maximum atomic E-state index is 12.6. The molecule has 1 N–H and O–H groups in total. The summed E-state index contributed by atoms with van der Waals surface area (Å²) in [6.07, 6.45) is 6.07. The van der Waals surface area contributed by atoms with Crippen LogP contribution in [0.4, 0.5) is 5.69 Å². The summed E-state index contributed by atoms with van der Waals surface area (Å²) in [6.45, 7) is 4.05. The van der Waals surface area contributed by atoms with Gasteiger partial charge in [0.05, 0.1) is 12.6 Å². The minimum absolute atomic E-state index is 0.0143. The number of allylic oxidation sites excluding steroid dienone is 1. The molecule has 4 aromatic rings. The Hall–Kier alpha value is -3.63. The Bertz CT molecular complexity index is 1320. The molecule has 5 rings (SSSR count). The maximum Gasteiger partial charge on any atom is 0.185 e. The lowest BCUT2D eigenvalue weighted by atomic mass is 10.1. The molecule has 166 valence electrons. The van der Waals surface area contributed by atoms with Crippen molar-refractivity contribution in [2.45, 2.75) is 26.0 Å². The van der Waals surface area contributed by atoms with E-state index in [1.165, 1.54) is 11.3 Å². The normalized spacial score (nSPS) is 14.2. The lowest BCUT2D eigenvalue weighted by Crippen LogP contribution is -2.33. The molecule has 0 saturated carbocycles. The number of anilines is 1. The zero-order chi connectivity index (χ0) is 22.8. The summed E-state index contributed by atoms with van der Waals surface area (Å²) in [5.74, 6) is -0.0143. The quantitative estimate of drug-likeness (QED) is 0.317. The molecule has 1 aliphatic heterocycles. The molecule has 1 atom stereocenters. The number of benzene rings is 3. The van der Waals surface area contributed by atoms with Crippen molar-refractivity contribution < 1.29 is 9.90 Å². The summed E-state index contributed by atoms with van der Waals surface area (Å²) < 4.78 is 2.10. The SMILES string of the molecule is Cc1ccc(C(=O)/C=C/c2cn(C[C@H](O)CN3CCc4ccccc43)c3ccccc23)cc1. The van der Waals surface area contributed by atoms with Crippen LogP contribution >= 0.6 is 0 Å². The van der Waals surface area contributed by atoms with Crippen molar-refractivity contribution in [2.24, 2.45) is 0 Å². The van der Waals surface area contributed by atoms with Gasteiger partial charge in [-0.25, -0.2) is 0 Å². The van der Waals surface area contributed by atoms with E-state index in [0.717, 1.165) is 35.0 Å². The molecule has 0 bridgehead atoms. The van der Waals surface area contributed by atoms with E-state index < -0.39 is 6.10 Å². The van der Waals surface area contributed by atoms with Crippen LogP contribution in [0.1, 0.15) is 27.0 Å². The van der Waals surface area contributed by atoms with Gasteiger partial charge in [0.15, 0.2) is 5.78 Å². The van der Waals surface area contributed by atoms with Crippen LogP contribution in [0.3, 0.4) is 0 Å². The van der Waals surface area contributed by atoms with E-state index >= 15 is 0 Å². The van der Waals surface area contributed by atoms with Crippen molar-refractivity contribution >= 4 is 28.4 Å². The number of para-hydroxylation sites is 2. The molecule has 0 saturated heterocycles. The molecule has 2 heterocycles. The van der Waals surface area contributed by atoms with Crippen molar-refractivity contribution in [3.05, 3.63) is 107 Å². The van der Waals surface area contributed by atoms with Gasteiger partial charge in [-0.3, -0.25) is 4.79 Å². The van der Waals surface area contributed by atoms with Crippen LogP contribution in [0, 0.1) is 6.92 Å². The first-order chi connectivity index (χ1) is 16.1. The molecule has 0 radical (unpaired) electrons. The third-order valence-electron chi connectivity index (χ3n) is 6.39. The van der Waals surface area contributed by atoms with Crippen LogP contribution in [-0.2, 0) is 13.0 Å². The Morgan fingerprint density at radius 2 is 1.76 bits per heavy atom. The largest absolute Gasteiger partial charge is 0.389 e. The van der Waals surface area contributed by atoms with Crippen LogP contribution in [0.5, 0.6) is 0 Å². The maximum absolute atomic E-state index is 12.6. The second-order valence-corrected chi connectivity index (χ2v) is 8.80. The Morgan fingerprint density at radius 3 is 2.61 bits per heavy atom. The average Bonchev–Trinajstić information content (AvgIpc) is 3.39. The van der Waals surface area contributed by atoms with Gasteiger partial charge in [0.1, 0.15) is 0 Å². The standard InChI is InChI=1S/C29H28N2O2/c1-21-10-12-23(13-11-21)29(33)15-14-24-18-31(28-9-5-3-7-26(24)28)20-25(32)19-30-17-16-22-6-2-4-8-27(22)30/h2-15,18,25,32H,16-17,19-20H2,1H3/b15-14+/t25-/m1/s1. The van der Waals surface area contributed by atoms with Crippen molar-refractivity contribution in [1.82, 2.24) is 4.57 Å². The summed E-state index contributed by atoms with van der Waals surface area (Å²) in [4.78, 5) is 14.9. The number of hydrogen-bond donors (Lipinski definition) is 1. The van der Waals surface area contributed by atoms with Gasteiger partial charge in [-0.15, -0.1) is 0 Å². The zero-order valence-corrected chi connectivity index (χ0v) is 18.8. The zero-order valence-electron chi connectivity index (χ0n) is 18.8. The summed E-state index contributed by atoms with van der Waals surface area (Å²) >= 11 is 0. The van der Waals surface area contributed by atoms with Crippen LogP contribution in [-0.4, -0.2) is 34.7 Å². The summed E-state index contributed by atoms with van der Waals surface area (Å²) in [7, 11) is 0. The van der Waals surface area contributed by atoms with Crippen molar-refractivity contribution in [2.75, 3.05) is 18.0 Å². The highest BCUT2D eigenvalue weighted by Crippen LogP contribution is 2.28. The van der Waals surface area contributed by atoms with Gasteiger partial charge < -0.3 is 14.6 Å². The number of ketones is 1. The molecule has 1 aliphatic rings. The summed E-state index contributed by atoms with van der Waals surface area (Å²) in [5, 5.41) is 12.0. The van der Waals surface area contributed by atoms with Gasteiger partial charge in [-0.05, 0) is 43.2 Å². The molecule has 4 heteroatoms. The van der Waals surface area contributed by atoms with Crippen LogP contribution < -0.4 is 4.90 Å². The van der Waals surface area contributed by atoms with Crippen LogP contribution in [0.25, 0.3) is 17.0 Å². The molecular formula is C29H28N2O2. The van der Waals surface area contributed by atoms with Crippen LogP contribution in [0.2, 0.25) is 0 Å². The fraction of sp³-hybridized carbons (Fsp3) is 0.207. The van der Waals surface area contributed by atoms with E-state index in [0.29, 0.717) is 18.7 Å². The second-order valence-electron chi connectivity index (χ2n) is 8.80. The van der Waals surface area contributed by atoms with Gasteiger partial charge in [0.25, 0.3) is 0 Å². The highest BCUT2D eigenvalue weighted by Gasteiger charge is 2.21. The number of aliphatic hydroxyl groups is 1. The third-order valence-corrected chi connectivity index (χ3v) is 6.39. The number of aryl methyl sites for hydroxylation is 1. The molecule has 33 heavy (non-hydrogen) atoms. The van der Waals surface area contributed by atoms with Gasteiger partial charge in [-0.2, -0.15) is 0 Å². The molecule has 3 aromatic carbocycles. The first kappa shape index (κ1) is 21.2. The van der Waals surface area contributed by atoms with Gasteiger partial charge in [-0.1, -0.05) is 66.2 Å². The van der Waals surface area contributed by atoms with E-state index in [2.05, 4.69) is 45.9 Å². The lowest BCUT2D eigenvalue weighted by molar-refractivity contribution is 0.104. The Morgan fingerprint density at radius 1 is 1.00 bits per heavy atom. The fourth-order valence-corrected chi connectivity index (χ4v) is 4.67. The fourth-order valence-electron chi connectivity index (χ4n) is 4.67. The highest BCUT2D eigenvalue weighted by atomic mass is 16.3. The monoisotopic (exact) mass is 436 g/mol. The summed E-state index contributed by atoms with van der Waals surface area (Å²) in [6, 6.07) is 24.2. The Labute approximate surface area is 194 Å². The molecule has 0 amide bonds. The van der Waals surface area contributed by atoms with Gasteiger partial charge >= 0.3 is 0 Å². The number of rotatable bonds is 7. The van der Waals surface area contributed by atoms with Gasteiger partial charge in [0.2, 0.25) is 0 Å². The number of carbonyl (C=O) groups excluding carboxylic acids is 1. The molecular weight excluding hydrogens is 408 g/mol. The smallest absolute Gasteiger partial charge is 0.185 e. The average molecular weight is 437 g/mol. The van der Waals surface area contributed by atoms with E-state index in [1.54, 1.807) is 6.08 Å². The first-order valence-electron chi connectivity index (χ1n) is 11.5. The van der Waals surface area contributed by atoms with Crippen molar-refractivity contribution in [1.29, 1.82) is 0 Å². The third kappa shape index (κ3) is 4.48. The Kier molecular flexibility index (Phi) is 5.84. The second kappa shape index (κ2) is 9.08. The number of β-amino-alcohol motifs (C(OH)–C–C–N with tert-alkyl or cyclic N) is 1. The number of nitrogens with zero attached hydrogens (tertiary/aromatic N) is 2. The van der Waals surface area contributed by atoms with Crippen LogP contribution in [0.15, 0.2) is 85.1 Å².